The second-order valence-electron chi connectivity index (χ2n) is 4.92. The van der Waals surface area contributed by atoms with Gasteiger partial charge in [-0.05, 0) is 27.7 Å². The van der Waals surface area contributed by atoms with Crippen LogP contribution < -0.4 is 10.6 Å². The van der Waals surface area contributed by atoms with Crippen molar-refractivity contribution < 1.29 is 4.79 Å². The quantitative estimate of drug-likeness (QED) is 0.761. The molecule has 0 aliphatic rings. The SMILES string of the molecule is Cc1[nH]ncc1CNCC(=O)NC(C)(C)C.Cl. The van der Waals surface area contributed by atoms with Crippen LogP contribution in [0.25, 0.3) is 0 Å². The number of amides is 1. The first-order valence-corrected chi connectivity index (χ1v) is 5.39. The summed E-state index contributed by atoms with van der Waals surface area (Å²) in [7, 11) is 0. The van der Waals surface area contributed by atoms with E-state index in [4.69, 9.17) is 0 Å². The van der Waals surface area contributed by atoms with Gasteiger partial charge in [0, 0.05) is 23.3 Å². The Labute approximate surface area is 108 Å². The molecule has 3 N–H and O–H groups in total. The fraction of sp³-hybridized carbons (Fsp3) is 0.636. The molecule has 0 fully saturated rings. The third-order valence-electron chi connectivity index (χ3n) is 2.05. The minimum Gasteiger partial charge on any atom is -0.350 e. The zero-order chi connectivity index (χ0) is 12.2. The number of aromatic amines is 1. The van der Waals surface area contributed by atoms with Gasteiger partial charge in [-0.2, -0.15) is 5.10 Å². The Kier molecular flexibility index (Phi) is 6.20. The van der Waals surface area contributed by atoms with Gasteiger partial charge in [0.25, 0.3) is 0 Å². The first kappa shape index (κ1) is 15.9. The maximum atomic E-state index is 11.5. The first-order valence-electron chi connectivity index (χ1n) is 5.39. The van der Waals surface area contributed by atoms with E-state index in [1.54, 1.807) is 6.20 Å². The molecule has 98 valence electrons. The first-order chi connectivity index (χ1) is 7.38. The highest BCUT2D eigenvalue weighted by atomic mass is 35.5. The van der Waals surface area contributed by atoms with Gasteiger partial charge in [0.05, 0.1) is 12.7 Å². The molecule has 1 aromatic heterocycles. The molecular formula is C11H21ClN4O. The third-order valence-corrected chi connectivity index (χ3v) is 2.05. The highest BCUT2D eigenvalue weighted by molar-refractivity contribution is 5.85. The van der Waals surface area contributed by atoms with Crippen LogP contribution in [0.4, 0.5) is 0 Å². The predicted molar refractivity (Wildman–Crippen MR) is 70.2 cm³/mol. The number of hydrogen-bond donors (Lipinski definition) is 3. The van der Waals surface area contributed by atoms with Gasteiger partial charge in [0.15, 0.2) is 0 Å². The van der Waals surface area contributed by atoms with Crippen molar-refractivity contribution in [1.29, 1.82) is 0 Å². The molecule has 1 rings (SSSR count). The van der Waals surface area contributed by atoms with E-state index in [0.29, 0.717) is 13.1 Å². The van der Waals surface area contributed by atoms with E-state index in [-0.39, 0.29) is 23.9 Å². The van der Waals surface area contributed by atoms with E-state index < -0.39 is 0 Å². The summed E-state index contributed by atoms with van der Waals surface area (Å²) < 4.78 is 0. The molecule has 0 aliphatic carbocycles. The summed E-state index contributed by atoms with van der Waals surface area (Å²) in [6, 6.07) is 0. The molecule has 5 nitrogen and oxygen atoms in total. The van der Waals surface area contributed by atoms with E-state index in [2.05, 4.69) is 20.8 Å². The molecule has 0 radical (unpaired) electrons. The number of H-pyrrole nitrogens is 1. The number of nitrogens with one attached hydrogen (secondary N) is 3. The summed E-state index contributed by atoms with van der Waals surface area (Å²) in [4.78, 5) is 11.5. The average Bonchev–Trinajstić information content (AvgIpc) is 2.48. The van der Waals surface area contributed by atoms with Crippen molar-refractivity contribution >= 4 is 18.3 Å². The van der Waals surface area contributed by atoms with Crippen LogP contribution >= 0.6 is 12.4 Å². The van der Waals surface area contributed by atoms with Crippen molar-refractivity contribution in [3.05, 3.63) is 17.5 Å². The van der Waals surface area contributed by atoms with Crippen LogP contribution in [0.2, 0.25) is 0 Å². The van der Waals surface area contributed by atoms with Crippen molar-refractivity contribution in [1.82, 2.24) is 20.8 Å². The van der Waals surface area contributed by atoms with Crippen molar-refractivity contribution in [2.75, 3.05) is 6.54 Å². The Morgan fingerprint density at radius 2 is 2.12 bits per heavy atom. The van der Waals surface area contributed by atoms with Gasteiger partial charge in [-0.1, -0.05) is 0 Å². The highest BCUT2D eigenvalue weighted by Crippen LogP contribution is 2.01. The summed E-state index contributed by atoms with van der Waals surface area (Å²) in [5, 5.41) is 12.7. The summed E-state index contributed by atoms with van der Waals surface area (Å²) in [5.74, 6) is 0.00801. The van der Waals surface area contributed by atoms with E-state index in [1.807, 2.05) is 27.7 Å². The number of carbonyl (C=O) groups is 1. The van der Waals surface area contributed by atoms with Crippen LogP contribution in [0.5, 0.6) is 0 Å². The van der Waals surface area contributed by atoms with Crippen molar-refractivity contribution in [2.45, 2.75) is 39.8 Å². The molecule has 0 aromatic carbocycles. The molecule has 0 unspecified atom stereocenters. The molecule has 6 heteroatoms. The molecule has 0 saturated carbocycles. The lowest BCUT2D eigenvalue weighted by Gasteiger charge is -2.20. The third kappa shape index (κ3) is 6.28. The van der Waals surface area contributed by atoms with Crippen LogP contribution in [0.1, 0.15) is 32.0 Å². The lowest BCUT2D eigenvalue weighted by atomic mass is 10.1. The van der Waals surface area contributed by atoms with Gasteiger partial charge in [-0.3, -0.25) is 9.89 Å². The number of aromatic nitrogens is 2. The molecule has 0 bridgehead atoms. The summed E-state index contributed by atoms with van der Waals surface area (Å²) >= 11 is 0. The van der Waals surface area contributed by atoms with Crippen LogP contribution in [-0.4, -0.2) is 28.2 Å². The molecule has 1 aromatic rings. The Morgan fingerprint density at radius 1 is 1.47 bits per heavy atom. The molecule has 0 spiro atoms. The Hall–Kier alpha value is -1.07. The van der Waals surface area contributed by atoms with Crippen LogP contribution in [0.15, 0.2) is 6.20 Å². The van der Waals surface area contributed by atoms with Crippen molar-refractivity contribution in [3.63, 3.8) is 0 Å². The van der Waals surface area contributed by atoms with Crippen molar-refractivity contribution in [2.24, 2.45) is 0 Å². The standard InChI is InChI=1S/C11H20N4O.ClH/c1-8-9(6-13-15-8)5-12-7-10(16)14-11(2,3)4;/h6,12H,5,7H2,1-4H3,(H,13,15)(H,14,16);1H. The monoisotopic (exact) mass is 260 g/mol. The van der Waals surface area contributed by atoms with E-state index in [0.717, 1.165) is 11.3 Å². The van der Waals surface area contributed by atoms with Gasteiger partial charge < -0.3 is 10.6 Å². The van der Waals surface area contributed by atoms with Crippen LogP contribution in [-0.2, 0) is 11.3 Å². The smallest absolute Gasteiger partial charge is 0.234 e. The fourth-order valence-corrected chi connectivity index (χ4v) is 1.33. The summed E-state index contributed by atoms with van der Waals surface area (Å²) in [6.45, 7) is 8.82. The number of nitrogens with zero attached hydrogens (tertiary/aromatic N) is 1. The number of rotatable bonds is 4. The lowest BCUT2D eigenvalue weighted by molar-refractivity contribution is -0.121. The van der Waals surface area contributed by atoms with E-state index >= 15 is 0 Å². The number of carbonyl (C=O) groups excluding carboxylic acids is 1. The molecule has 1 heterocycles. The maximum absolute atomic E-state index is 11.5. The Balaban J connectivity index is 0.00000256. The van der Waals surface area contributed by atoms with Gasteiger partial charge in [-0.15, -0.1) is 12.4 Å². The molecule has 17 heavy (non-hydrogen) atoms. The topological polar surface area (TPSA) is 69.8 Å². The minimum absolute atomic E-state index is 0. The average molecular weight is 261 g/mol. The normalized spacial score (nSPS) is 10.8. The Bertz CT molecular complexity index is 357. The van der Waals surface area contributed by atoms with Crippen LogP contribution in [0.3, 0.4) is 0 Å². The fourth-order valence-electron chi connectivity index (χ4n) is 1.33. The number of hydrogen-bond acceptors (Lipinski definition) is 3. The Morgan fingerprint density at radius 3 is 2.59 bits per heavy atom. The van der Waals surface area contributed by atoms with Crippen LogP contribution in [0, 0.1) is 6.92 Å². The summed E-state index contributed by atoms with van der Waals surface area (Å²) in [6.07, 6.45) is 1.77. The molecular weight excluding hydrogens is 240 g/mol. The zero-order valence-corrected chi connectivity index (χ0v) is 11.6. The minimum atomic E-state index is -0.176. The van der Waals surface area contributed by atoms with Gasteiger partial charge in [0.1, 0.15) is 0 Å². The van der Waals surface area contributed by atoms with Crippen molar-refractivity contribution in [3.8, 4) is 0 Å². The second-order valence-corrected chi connectivity index (χ2v) is 4.92. The largest absolute Gasteiger partial charge is 0.350 e. The molecule has 1 amide bonds. The van der Waals surface area contributed by atoms with E-state index in [9.17, 15) is 4.79 Å². The van der Waals surface area contributed by atoms with Gasteiger partial charge in [-0.25, -0.2) is 0 Å². The predicted octanol–water partition coefficient (Wildman–Crippen LogP) is 1.14. The molecule has 0 saturated heterocycles. The van der Waals surface area contributed by atoms with E-state index in [1.165, 1.54) is 0 Å². The molecule has 0 atom stereocenters. The number of aryl methyl sites for hydroxylation is 1. The lowest BCUT2D eigenvalue weighted by Crippen LogP contribution is -2.44. The summed E-state index contributed by atoms with van der Waals surface area (Å²) in [5.41, 5.74) is 1.94. The van der Waals surface area contributed by atoms with Gasteiger partial charge >= 0.3 is 0 Å². The highest BCUT2D eigenvalue weighted by Gasteiger charge is 2.12. The zero-order valence-electron chi connectivity index (χ0n) is 10.8. The second kappa shape index (κ2) is 6.61. The number of halogens is 1. The van der Waals surface area contributed by atoms with Gasteiger partial charge in [0.2, 0.25) is 5.91 Å². The molecule has 0 aliphatic heterocycles. The maximum Gasteiger partial charge on any atom is 0.234 e.